The van der Waals surface area contributed by atoms with Crippen molar-refractivity contribution in [2.75, 3.05) is 31.1 Å². The molecule has 0 spiro atoms. The van der Waals surface area contributed by atoms with Gasteiger partial charge in [-0.1, -0.05) is 25.5 Å². The van der Waals surface area contributed by atoms with E-state index in [9.17, 15) is 5.26 Å². The molecule has 104 valence electrons. The molecule has 1 fully saturated rings. The molecule has 0 aromatic heterocycles. The maximum Gasteiger partial charge on any atom is 0.101 e. The number of nitrogens with one attached hydrogen (secondary N) is 1. The number of hydrogen-bond donors (Lipinski definition) is 1. The summed E-state index contributed by atoms with van der Waals surface area (Å²) in [4.78, 5) is 2.36. The zero-order valence-electron chi connectivity index (χ0n) is 11.5. The van der Waals surface area contributed by atoms with Crippen LogP contribution in [0.1, 0.15) is 30.9 Å². The summed E-state index contributed by atoms with van der Waals surface area (Å²) in [6.45, 7) is 6.22. The summed E-state index contributed by atoms with van der Waals surface area (Å²) in [5.41, 5.74) is 3.33. The van der Waals surface area contributed by atoms with Gasteiger partial charge < -0.3 is 10.2 Å². The number of anilines is 1. The van der Waals surface area contributed by atoms with Gasteiger partial charge in [0.05, 0.1) is 11.3 Å². The highest BCUT2D eigenvalue weighted by Crippen LogP contribution is 2.27. The number of para-hydroxylation sites is 1. The first-order chi connectivity index (χ1) is 8.86. The fourth-order valence-corrected chi connectivity index (χ4v) is 2.51. The van der Waals surface area contributed by atoms with E-state index in [4.69, 9.17) is 0 Å². The van der Waals surface area contributed by atoms with Crippen molar-refractivity contribution in [2.45, 2.75) is 26.2 Å². The van der Waals surface area contributed by atoms with Crippen LogP contribution >= 0.6 is 12.4 Å². The van der Waals surface area contributed by atoms with Crippen LogP contribution in [0.5, 0.6) is 0 Å². The van der Waals surface area contributed by atoms with Gasteiger partial charge in [-0.3, -0.25) is 0 Å². The highest BCUT2D eigenvalue weighted by molar-refractivity contribution is 5.85. The van der Waals surface area contributed by atoms with E-state index in [1.54, 1.807) is 0 Å². The van der Waals surface area contributed by atoms with Gasteiger partial charge in [-0.15, -0.1) is 12.4 Å². The Morgan fingerprint density at radius 2 is 2.05 bits per heavy atom. The summed E-state index contributed by atoms with van der Waals surface area (Å²) >= 11 is 0. The van der Waals surface area contributed by atoms with Gasteiger partial charge in [-0.25, -0.2) is 0 Å². The van der Waals surface area contributed by atoms with Crippen molar-refractivity contribution >= 4 is 18.1 Å². The number of piperazine rings is 1. The first-order valence-electron chi connectivity index (χ1n) is 6.84. The maximum atomic E-state index is 9.31. The number of nitriles is 1. The maximum absolute atomic E-state index is 9.31. The second-order valence-electron chi connectivity index (χ2n) is 4.77. The number of aryl methyl sites for hydroxylation is 1. The molecular weight excluding hydrogens is 258 g/mol. The average Bonchev–Trinajstić information content (AvgIpc) is 2.45. The van der Waals surface area contributed by atoms with Gasteiger partial charge in [0.15, 0.2) is 0 Å². The zero-order valence-corrected chi connectivity index (χ0v) is 12.3. The van der Waals surface area contributed by atoms with Crippen molar-refractivity contribution in [1.29, 1.82) is 5.26 Å². The van der Waals surface area contributed by atoms with Gasteiger partial charge in [0, 0.05) is 26.2 Å². The SMILES string of the molecule is CCCCc1cccc(C#N)c1N1CCNCC1.Cl. The predicted molar refractivity (Wildman–Crippen MR) is 82.1 cm³/mol. The number of nitrogens with zero attached hydrogens (tertiary/aromatic N) is 2. The zero-order chi connectivity index (χ0) is 12.8. The quantitative estimate of drug-likeness (QED) is 0.921. The molecule has 19 heavy (non-hydrogen) atoms. The van der Waals surface area contributed by atoms with Gasteiger partial charge in [0.1, 0.15) is 6.07 Å². The second-order valence-corrected chi connectivity index (χ2v) is 4.77. The van der Waals surface area contributed by atoms with Crippen molar-refractivity contribution in [3.05, 3.63) is 29.3 Å². The van der Waals surface area contributed by atoms with Crippen LogP contribution < -0.4 is 10.2 Å². The molecule has 0 atom stereocenters. The van der Waals surface area contributed by atoms with Gasteiger partial charge in [0.25, 0.3) is 0 Å². The number of unbranched alkanes of at least 4 members (excludes halogenated alkanes) is 1. The Morgan fingerprint density at radius 1 is 1.32 bits per heavy atom. The molecule has 0 aliphatic carbocycles. The molecule has 0 unspecified atom stereocenters. The van der Waals surface area contributed by atoms with Gasteiger partial charge in [0.2, 0.25) is 0 Å². The lowest BCUT2D eigenvalue weighted by molar-refractivity contribution is 0.587. The lowest BCUT2D eigenvalue weighted by Crippen LogP contribution is -2.44. The molecule has 0 radical (unpaired) electrons. The van der Waals surface area contributed by atoms with Crippen LogP contribution in [0.15, 0.2) is 18.2 Å². The monoisotopic (exact) mass is 279 g/mol. The third-order valence-corrected chi connectivity index (χ3v) is 3.47. The third-order valence-electron chi connectivity index (χ3n) is 3.47. The molecule has 1 N–H and O–H groups in total. The molecule has 1 aromatic rings. The molecule has 3 nitrogen and oxygen atoms in total. The molecule has 1 aliphatic heterocycles. The standard InChI is InChI=1S/C15H21N3.ClH/c1-2-3-5-13-6-4-7-14(12-16)15(13)18-10-8-17-9-11-18;/h4,6-7,17H,2-3,5,8-11H2,1H3;1H. The van der Waals surface area contributed by atoms with Crippen LogP contribution in [0.25, 0.3) is 0 Å². The van der Waals surface area contributed by atoms with Crippen LogP contribution in [0.3, 0.4) is 0 Å². The minimum absolute atomic E-state index is 0. The van der Waals surface area contributed by atoms with Gasteiger partial charge >= 0.3 is 0 Å². The minimum Gasteiger partial charge on any atom is -0.368 e. The Bertz CT molecular complexity index is 434. The normalized spacial score (nSPS) is 14.6. The van der Waals surface area contributed by atoms with E-state index in [0.717, 1.165) is 38.2 Å². The molecule has 1 heterocycles. The Morgan fingerprint density at radius 3 is 2.68 bits per heavy atom. The highest BCUT2D eigenvalue weighted by atomic mass is 35.5. The van der Waals surface area contributed by atoms with E-state index in [0.29, 0.717) is 0 Å². The first-order valence-corrected chi connectivity index (χ1v) is 6.84. The molecule has 0 bridgehead atoms. The van der Waals surface area contributed by atoms with E-state index >= 15 is 0 Å². The Hall–Kier alpha value is -1.24. The predicted octanol–water partition coefficient (Wildman–Crippen LogP) is 2.73. The fourth-order valence-electron chi connectivity index (χ4n) is 2.51. The molecule has 0 saturated carbocycles. The topological polar surface area (TPSA) is 39.1 Å². The summed E-state index contributed by atoms with van der Waals surface area (Å²) in [6.07, 6.45) is 3.46. The largest absolute Gasteiger partial charge is 0.368 e. The lowest BCUT2D eigenvalue weighted by atomic mass is 10.0. The van der Waals surface area contributed by atoms with E-state index in [1.165, 1.54) is 24.1 Å². The number of benzene rings is 1. The smallest absolute Gasteiger partial charge is 0.101 e. The van der Waals surface area contributed by atoms with Crippen molar-refractivity contribution in [3.8, 4) is 6.07 Å². The van der Waals surface area contributed by atoms with Crippen LogP contribution in [-0.4, -0.2) is 26.2 Å². The van der Waals surface area contributed by atoms with E-state index < -0.39 is 0 Å². The molecule has 2 rings (SSSR count). The van der Waals surface area contributed by atoms with Crippen LogP contribution in [-0.2, 0) is 6.42 Å². The molecule has 1 aromatic carbocycles. The fraction of sp³-hybridized carbons (Fsp3) is 0.533. The van der Waals surface area contributed by atoms with Crippen molar-refractivity contribution in [2.24, 2.45) is 0 Å². The summed E-state index contributed by atoms with van der Waals surface area (Å²) in [5, 5.41) is 12.7. The number of rotatable bonds is 4. The molecule has 4 heteroatoms. The summed E-state index contributed by atoms with van der Waals surface area (Å²) in [6, 6.07) is 8.47. The second kappa shape index (κ2) is 8.04. The lowest BCUT2D eigenvalue weighted by Gasteiger charge is -2.32. The van der Waals surface area contributed by atoms with Gasteiger partial charge in [-0.05, 0) is 24.5 Å². The Labute approximate surface area is 122 Å². The van der Waals surface area contributed by atoms with Gasteiger partial charge in [-0.2, -0.15) is 5.26 Å². The van der Waals surface area contributed by atoms with Crippen LogP contribution in [0, 0.1) is 11.3 Å². The number of halogens is 1. The van der Waals surface area contributed by atoms with E-state index in [-0.39, 0.29) is 12.4 Å². The van der Waals surface area contributed by atoms with Crippen molar-refractivity contribution < 1.29 is 0 Å². The first kappa shape index (κ1) is 15.8. The molecule has 1 saturated heterocycles. The van der Waals surface area contributed by atoms with Crippen molar-refractivity contribution in [1.82, 2.24) is 5.32 Å². The molecular formula is C15H22ClN3. The number of hydrogen-bond acceptors (Lipinski definition) is 3. The van der Waals surface area contributed by atoms with Crippen LogP contribution in [0.4, 0.5) is 5.69 Å². The minimum atomic E-state index is 0. The highest BCUT2D eigenvalue weighted by Gasteiger charge is 2.17. The summed E-state index contributed by atoms with van der Waals surface area (Å²) in [7, 11) is 0. The summed E-state index contributed by atoms with van der Waals surface area (Å²) < 4.78 is 0. The average molecular weight is 280 g/mol. The Kier molecular flexibility index (Phi) is 6.69. The molecule has 0 amide bonds. The Balaban J connectivity index is 0.00000180. The van der Waals surface area contributed by atoms with E-state index in [2.05, 4.69) is 29.3 Å². The van der Waals surface area contributed by atoms with Crippen LogP contribution in [0.2, 0.25) is 0 Å². The van der Waals surface area contributed by atoms with Crippen molar-refractivity contribution in [3.63, 3.8) is 0 Å². The summed E-state index contributed by atoms with van der Waals surface area (Å²) in [5.74, 6) is 0. The van der Waals surface area contributed by atoms with E-state index in [1.807, 2.05) is 12.1 Å². The third kappa shape index (κ3) is 3.86. The molecule has 1 aliphatic rings.